The number of anilines is 1. The quantitative estimate of drug-likeness (QED) is 0.859. The van der Waals surface area contributed by atoms with Crippen molar-refractivity contribution in [3.63, 3.8) is 0 Å². The summed E-state index contributed by atoms with van der Waals surface area (Å²) in [6.07, 6.45) is 5.53. The van der Waals surface area contributed by atoms with Crippen LogP contribution in [0.3, 0.4) is 0 Å². The summed E-state index contributed by atoms with van der Waals surface area (Å²) in [5, 5.41) is 3.29. The number of carbonyl (C=O) groups is 1. The van der Waals surface area contributed by atoms with E-state index < -0.39 is 0 Å². The standard InChI is InChI=1S/C13H19N3O/c1-2-16(12-5-8-14-9-6-12)13(17)11-4-3-7-15-10-11/h5-6,8-9,11,15H,2-4,7,10H2,1H3. The summed E-state index contributed by atoms with van der Waals surface area (Å²) in [7, 11) is 0. The minimum absolute atomic E-state index is 0.122. The van der Waals surface area contributed by atoms with Crippen LogP contribution in [0.2, 0.25) is 0 Å². The smallest absolute Gasteiger partial charge is 0.231 e. The van der Waals surface area contributed by atoms with Crippen LogP contribution in [-0.2, 0) is 4.79 Å². The Balaban J connectivity index is 2.10. The van der Waals surface area contributed by atoms with E-state index in [0.717, 1.165) is 31.6 Å². The second-order valence-corrected chi connectivity index (χ2v) is 4.33. The largest absolute Gasteiger partial charge is 0.316 e. The first-order valence-corrected chi connectivity index (χ1v) is 6.25. The molecule has 2 heterocycles. The first-order chi connectivity index (χ1) is 8.33. The van der Waals surface area contributed by atoms with Gasteiger partial charge in [0.2, 0.25) is 5.91 Å². The summed E-state index contributed by atoms with van der Waals surface area (Å²) in [5.41, 5.74) is 0.943. The third-order valence-corrected chi connectivity index (χ3v) is 3.20. The van der Waals surface area contributed by atoms with Gasteiger partial charge in [0.1, 0.15) is 0 Å². The SMILES string of the molecule is CCN(C(=O)C1CCCNC1)c1ccncc1. The third kappa shape index (κ3) is 2.82. The molecule has 0 spiro atoms. The summed E-state index contributed by atoms with van der Waals surface area (Å²) < 4.78 is 0. The number of nitrogens with one attached hydrogen (secondary N) is 1. The lowest BCUT2D eigenvalue weighted by Crippen LogP contribution is -2.43. The topological polar surface area (TPSA) is 45.2 Å². The van der Waals surface area contributed by atoms with Crippen molar-refractivity contribution in [3.8, 4) is 0 Å². The molecule has 1 amide bonds. The monoisotopic (exact) mass is 233 g/mol. The Bertz CT molecular complexity index is 360. The maximum absolute atomic E-state index is 12.4. The van der Waals surface area contributed by atoms with Crippen LogP contribution in [-0.4, -0.2) is 30.5 Å². The van der Waals surface area contributed by atoms with Gasteiger partial charge in [-0.15, -0.1) is 0 Å². The predicted octanol–water partition coefficient (Wildman–Crippen LogP) is 1.43. The van der Waals surface area contributed by atoms with Crippen molar-refractivity contribution in [2.45, 2.75) is 19.8 Å². The molecule has 1 unspecified atom stereocenters. The first kappa shape index (κ1) is 12.0. The van der Waals surface area contributed by atoms with E-state index in [9.17, 15) is 4.79 Å². The van der Waals surface area contributed by atoms with Crippen molar-refractivity contribution in [1.82, 2.24) is 10.3 Å². The first-order valence-electron chi connectivity index (χ1n) is 6.25. The molecule has 17 heavy (non-hydrogen) atoms. The van der Waals surface area contributed by atoms with Gasteiger partial charge in [0.05, 0.1) is 5.92 Å². The van der Waals surface area contributed by atoms with Crippen LogP contribution >= 0.6 is 0 Å². The zero-order valence-electron chi connectivity index (χ0n) is 10.2. The Morgan fingerprint density at radius 1 is 1.53 bits per heavy atom. The lowest BCUT2D eigenvalue weighted by Gasteiger charge is -2.28. The predicted molar refractivity (Wildman–Crippen MR) is 67.9 cm³/mol. The highest BCUT2D eigenvalue weighted by molar-refractivity contribution is 5.95. The minimum atomic E-state index is 0.122. The van der Waals surface area contributed by atoms with E-state index in [1.165, 1.54) is 0 Å². The molecule has 1 aliphatic heterocycles. The Morgan fingerprint density at radius 2 is 2.29 bits per heavy atom. The maximum atomic E-state index is 12.4. The molecule has 1 fully saturated rings. The van der Waals surface area contributed by atoms with Crippen LogP contribution in [0.1, 0.15) is 19.8 Å². The highest BCUT2D eigenvalue weighted by Gasteiger charge is 2.25. The lowest BCUT2D eigenvalue weighted by molar-refractivity contribution is -0.122. The fourth-order valence-electron chi connectivity index (χ4n) is 2.27. The maximum Gasteiger partial charge on any atom is 0.231 e. The van der Waals surface area contributed by atoms with E-state index in [1.807, 2.05) is 24.0 Å². The number of pyridine rings is 1. The van der Waals surface area contributed by atoms with E-state index in [2.05, 4.69) is 10.3 Å². The molecule has 1 aromatic rings. The van der Waals surface area contributed by atoms with Crippen molar-refractivity contribution < 1.29 is 4.79 Å². The number of hydrogen-bond acceptors (Lipinski definition) is 3. The van der Waals surface area contributed by atoms with Crippen LogP contribution in [0.25, 0.3) is 0 Å². The van der Waals surface area contributed by atoms with Gasteiger partial charge in [-0.25, -0.2) is 0 Å². The zero-order chi connectivity index (χ0) is 12.1. The van der Waals surface area contributed by atoms with Crippen LogP contribution in [0.4, 0.5) is 5.69 Å². The van der Waals surface area contributed by atoms with E-state index in [1.54, 1.807) is 12.4 Å². The Kier molecular flexibility index (Phi) is 4.09. The molecule has 0 aliphatic carbocycles. The zero-order valence-corrected chi connectivity index (χ0v) is 10.2. The molecule has 4 nitrogen and oxygen atoms in total. The van der Waals surface area contributed by atoms with Gasteiger partial charge in [0, 0.05) is 31.2 Å². The van der Waals surface area contributed by atoms with Crippen molar-refractivity contribution >= 4 is 11.6 Å². The van der Waals surface area contributed by atoms with Crippen LogP contribution in [0.5, 0.6) is 0 Å². The van der Waals surface area contributed by atoms with Gasteiger partial charge >= 0.3 is 0 Å². The molecular formula is C13H19N3O. The molecule has 1 aromatic heterocycles. The number of carbonyl (C=O) groups excluding carboxylic acids is 1. The van der Waals surface area contributed by atoms with Crippen LogP contribution < -0.4 is 10.2 Å². The van der Waals surface area contributed by atoms with Gasteiger partial charge in [0.15, 0.2) is 0 Å². The number of nitrogens with zero attached hydrogens (tertiary/aromatic N) is 2. The fraction of sp³-hybridized carbons (Fsp3) is 0.538. The molecule has 0 bridgehead atoms. The molecule has 1 atom stereocenters. The van der Waals surface area contributed by atoms with Gasteiger partial charge in [0.25, 0.3) is 0 Å². The normalized spacial score (nSPS) is 19.9. The molecule has 0 aromatic carbocycles. The van der Waals surface area contributed by atoms with Gasteiger partial charge in [-0.2, -0.15) is 0 Å². The van der Waals surface area contributed by atoms with Crippen molar-refractivity contribution in [2.75, 3.05) is 24.5 Å². The van der Waals surface area contributed by atoms with E-state index in [-0.39, 0.29) is 11.8 Å². The molecule has 1 saturated heterocycles. The number of amides is 1. The van der Waals surface area contributed by atoms with Gasteiger partial charge in [-0.3, -0.25) is 9.78 Å². The van der Waals surface area contributed by atoms with Crippen molar-refractivity contribution in [3.05, 3.63) is 24.5 Å². The summed E-state index contributed by atoms with van der Waals surface area (Å²) in [5.74, 6) is 0.350. The van der Waals surface area contributed by atoms with E-state index >= 15 is 0 Å². The summed E-state index contributed by atoms with van der Waals surface area (Å²) in [6, 6.07) is 3.77. The fourth-order valence-corrected chi connectivity index (χ4v) is 2.27. The molecule has 2 rings (SSSR count). The van der Waals surface area contributed by atoms with Crippen molar-refractivity contribution in [1.29, 1.82) is 0 Å². The van der Waals surface area contributed by atoms with Gasteiger partial charge < -0.3 is 10.2 Å². The number of rotatable bonds is 3. The minimum Gasteiger partial charge on any atom is -0.316 e. The van der Waals surface area contributed by atoms with E-state index in [0.29, 0.717) is 6.54 Å². The molecular weight excluding hydrogens is 214 g/mol. The molecule has 92 valence electrons. The summed E-state index contributed by atoms with van der Waals surface area (Å²) in [4.78, 5) is 18.2. The molecule has 1 N–H and O–H groups in total. The number of piperidine rings is 1. The molecule has 4 heteroatoms. The second-order valence-electron chi connectivity index (χ2n) is 4.33. The van der Waals surface area contributed by atoms with E-state index in [4.69, 9.17) is 0 Å². The van der Waals surface area contributed by atoms with Gasteiger partial charge in [-0.1, -0.05) is 0 Å². The van der Waals surface area contributed by atoms with Gasteiger partial charge in [-0.05, 0) is 38.4 Å². The average Bonchev–Trinajstić information content (AvgIpc) is 2.42. The third-order valence-electron chi connectivity index (χ3n) is 3.20. The highest BCUT2D eigenvalue weighted by atomic mass is 16.2. The second kappa shape index (κ2) is 5.77. The summed E-state index contributed by atoms with van der Waals surface area (Å²) >= 11 is 0. The molecule has 1 aliphatic rings. The van der Waals surface area contributed by atoms with Crippen molar-refractivity contribution in [2.24, 2.45) is 5.92 Å². The average molecular weight is 233 g/mol. The summed E-state index contributed by atoms with van der Waals surface area (Å²) in [6.45, 7) is 4.56. The Hall–Kier alpha value is -1.42. The number of aromatic nitrogens is 1. The Morgan fingerprint density at radius 3 is 2.88 bits per heavy atom. The lowest BCUT2D eigenvalue weighted by atomic mass is 9.98. The Labute approximate surface area is 102 Å². The van der Waals surface area contributed by atoms with Crippen LogP contribution in [0.15, 0.2) is 24.5 Å². The van der Waals surface area contributed by atoms with Crippen LogP contribution in [0, 0.1) is 5.92 Å². The highest BCUT2D eigenvalue weighted by Crippen LogP contribution is 2.19. The molecule has 0 saturated carbocycles. The molecule has 0 radical (unpaired) electrons. The number of hydrogen-bond donors (Lipinski definition) is 1.